The van der Waals surface area contributed by atoms with Gasteiger partial charge in [-0.3, -0.25) is 9.89 Å². The second-order valence-electron chi connectivity index (χ2n) is 7.66. The summed E-state index contributed by atoms with van der Waals surface area (Å²) in [7, 11) is 3.24. The van der Waals surface area contributed by atoms with Crippen LogP contribution in [0, 0.1) is 12.8 Å². The molecule has 3 aromatic rings. The predicted molar refractivity (Wildman–Crippen MR) is 113 cm³/mol. The fraction of sp³-hybridized carbons (Fsp3) is 0.409. The zero-order chi connectivity index (χ0) is 21.1. The van der Waals surface area contributed by atoms with Crippen LogP contribution in [-0.2, 0) is 6.54 Å². The van der Waals surface area contributed by atoms with Gasteiger partial charge in [-0.2, -0.15) is 5.10 Å². The number of carbonyl (C=O) groups excluding carboxylic acids is 1. The molecule has 0 aliphatic carbocycles. The average Bonchev–Trinajstić information content (AvgIpc) is 3.42. The first-order valence-electron chi connectivity index (χ1n) is 10.1. The zero-order valence-corrected chi connectivity index (χ0v) is 17.6. The third-order valence-electron chi connectivity index (χ3n) is 5.72. The Bertz CT molecular complexity index is 1010. The van der Waals surface area contributed by atoms with E-state index in [1.807, 2.05) is 42.5 Å². The molecule has 1 atom stereocenters. The molecule has 0 saturated carbocycles. The molecular weight excluding hydrogens is 382 g/mol. The Morgan fingerprint density at radius 2 is 2.17 bits per heavy atom. The number of aromatic nitrogens is 4. The molecule has 1 aromatic carbocycles. The number of aromatic amines is 1. The Hall–Kier alpha value is -3.29. The molecule has 0 bridgehead atoms. The summed E-state index contributed by atoms with van der Waals surface area (Å²) in [6.07, 6.45) is 7.68. The highest BCUT2D eigenvalue weighted by Gasteiger charge is 2.28. The van der Waals surface area contributed by atoms with Crippen LogP contribution in [0.3, 0.4) is 0 Å². The lowest BCUT2D eigenvalue weighted by atomic mass is 9.97. The van der Waals surface area contributed by atoms with Gasteiger partial charge in [-0.05, 0) is 43.9 Å². The number of imidazole rings is 1. The fourth-order valence-corrected chi connectivity index (χ4v) is 4.12. The Kier molecular flexibility index (Phi) is 5.74. The SMILES string of the molecule is COc1ccc(OC)c(-c2n[nH]c(C(=O)N3CCC[C@H](Cn4ccnc4)C3)c2C)c1. The summed E-state index contributed by atoms with van der Waals surface area (Å²) in [5, 5.41) is 7.41. The number of carbonyl (C=O) groups is 1. The monoisotopic (exact) mass is 409 g/mol. The molecular formula is C22H27N5O3. The van der Waals surface area contributed by atoms with Crippen molar-refractivity contribution in [2.75, 3.05) is 27.3 Å². The van der Waals surface area contributed by atoms with Crippen LogP contribution in [0.15, 0.2) is 36.9 Å². The van der Waals surface area contributed by atoms with Gasteiger partial charge in [-0.25, -0.2) is 4.98 Å². The highest BCUT2D eigenvalue weighted by molar-refractivity contribution is 5.95. The Morgan fingerprint density at radius 3 is 2.90 bits per heavy atom. The highest BCUT2D eigenvalue weighted by Crippen LogP contribution is 2.35. The zero-order valence-electron chi connectivity index (χ0n) is 17.6. The first-order chi connectivity index (χ1) is 14.6. The second kappa shape index (κ2) is 8.61. The molecule has 0 radical (unpaired) electrons. The van der Waals surface area contributed by atoms with E-state index < -0.39 is 0 Å². The van der Waals surface area contributed by atoms with E-state index in [4.69, 9.17) is 9.47 Å². The number of methoxy groups -OCH3 is 2. The predicted octanol–water partition coefficient (Wildman–Crippen LogP) is 3.15. The Labute approximate surface area is 175 Å². The van der Waals surface area contributed by atoms with Crippen molar-refractivity contribution in [3.8, 4) is 22.8 Å². The number of hydrogen-bond donors (Lipinski definition) is 1. The summed E-state index contributed by atoms with van der Waals surface area (Å²) < 4.78 is 12.9. The van der Waals surface area contributed by atoms with Crippen LogP contribution >= 0.6 is 0 Å². The largest absolute Gasteiger partial charge is 0.497 e. The molecule has 2 aromatic heterocycles. The average molecular weight is 409 g/mol. The molecule has 1 aliphatic heterocycles. The smallest absolute Gasteiger partial charge is 0.272 e. The van der Waals surface area contributed by atoms with E-state index in [1.165, 1.54) is 0 Å². The van der Waals surface area contributed by atoms with Gasteiger partial charge in [0.1, 0.15) is 17.2 Å². The van der Waals surface area contributed by atoms with Crippen LogP contribution in [0.5, 0.6) is 11.5 Å². The van der Waals surface area contributed by atoms with E-state index in [0.29, 0.717) is 28.8 Å². The van der Waals surface area contributed by atoms with E-state index in [2.05, 4.69) is 19.7 Å². The first kappa shape index (κ1) is 20.0. The molecule has 1 N–H and O–H groups in total. The lowest BCUT2D eigenvalue weighted by Crippen LogP contribution is -2.41. The van der Waals surface area contributed by atoms with Crippen molar-refractivity contribution in [1.82, 2.24) is 24.6 Å². The number of benzene rings is 1. The number of rotatable bonds is 6. The molecule has 0 unspecified atom stereocenters. The summed E-state index contributed by atoms with van der Waals surface area (Å²) in [6.45, 7) is 4.28. The minimum absolute atomic E-state index is 0.0107. The van der Waals surface area contributed by atoms with Gasteiger partial charge >= 0.3 is 0 Å². The maximum atomic E-state index is 13.3. The molecule has 0 spiro atoms. The lowest BCUT2D eigenvalue weighted by Gasteiger charge is -2.32. The maximum absolute atomic E-state index is 13.3. The molecule has 8 nitrogen and oxygen atoms in total. The number of H-pyrrole nitrogens is 1. The number of amides is 1. The Morgan fingerprint density at radius 1 is 1.30 bits per heavy atom. The molecule has 1 amide bonds. The topological polar surface area (TPSA) is 85.3 Å². The van der Waals surface area contributed by atoms with E-state index in [0.717, 1.165) is 43.6 Å². The highest BCUT2D eigenvalue weighted by atomic mass is 16.5. The lowest BCUT2D eigenvalue weighted by molar-refractivity contribution is 0.0655. The van der Waals surface area contributed by atoms with Crippen molar-refractivity contribution in [1.29, 1.82) is 0 Å². The van der Waals surface area contributed by atoms with Crippen LogP contribution in [0.1, 0.15) is 28.9 Å². The fourth-order valence-electron chi connectivity index (χ4n) is 4.12. The third-order valence-corrected chi connectivity index (χ3v) is 5.72. The summed E-state index contributed by atoms with van der Waals surface area (Å²) in [4.78, 5) is 19.3. The molecule has 158 valence electrons. The molecule has 1 aliphatic rings. The van der Waals surface area contributed by atoms with Crippen molar-refractivity contribution >= 4 is 5.91 Å². The van der Waals surface area contributed by atoms with Gasteiger partial charge in [0.05, 0.1) is 26.2 Å². The molecule has 8 heteroatoms. The number of likely N-dealkylation sites (tertiary alicyclic amines) is 1. The van der Waals surface area contributed by atoms with Crippen molar-refractivity contribution < 1.29 is 14.3 Å². The number of ether oxygens (including phenoxy) is 2. The van der Waals surface area contributed by atoms with Crippen LogP contribution in [-0.4, -0.2) is 57.9 Å². The van der Waals surface area contributed by atoms with E-state index >= 15 is 0 Å². The quantitative estimate of drug-likeness (QED) is 0.676. The van der Waals surface area contributed by atoms with Crippen LogP contribution in [0.2, 0.25) is 0 Å². The molecule has 1 fully saturated rings. The van der Waals surface area contributed by atoms with Crippen molar-refractivity contribution in [2.24, 2.45) is 5.92 Å². The van der Waals surface area contributed by atoms with Gasteiger partial charge in [0, 0.05) is 43.2 Å². The van der Waals surface area contributed by atoms with E-state index in [9.17, 15) is 4.79 Å². The summed E-state index contributed by atoms with van der Waals surface area (Å²) in [5.74, 6) is 1.80. The number of nitrogens with zero attached hydrogens (tertiary/aromatic N) is 4. The normalized spacial score (nSPS) is 16.5. The van der Waals surface area contributed by atoms with Crippen LogP contribution in [0.4, 0.5) is 0 Å². The van der Waals surface area contributed by atoms with Gasteiger partial charge in [0.25, 0.3) is 5.91 Å². The minimum Gasteiger partial charge on any atom is -0.497 e. The van der Waals surface area contributed by atoms with Gasteiger partial charge in [0.15, 0.2) is 0 Å². The van der Waals surface area contributed by atoms with Crippen molar-refractivity contribution in [2.45, 2.75) is 26.3 Å². The van der Waals surface area contributed by atoms with Gasteiger partial charge < -0.3 is 18.9 Å². The summed E-state index contributed by atoms with van der Waals surface area (Å²) in [6, 6.07) is 5.55. The molecule has 4 rings (SSSR count). The van der Waals surface area contributed by atoms with Crippen LogP contribution in [0.25, 0.3) is 11.3 Å². The Balaban J connectivity index is 1.55. The minimum atomic E-state index is -0.0107. The van der Waals surface area contributed by atoms with Crippen LogP contribution < -0.4 is 9.47 Å². The van der Waals surface area contributed by atoms with Gasteiger partial charge in [-0.15, -0.1) is 0 Å². The standard InChI is InChI=1S/C22H27N5O3/c1-15-20(18-11-17(29-2)6-7-19(18)30-3)24-25-21(15)22(28)27-9-4-5-16(13-27)12-26-10-8-23-14-26/h6-8,10-11,14,16H,4-5,9,12-13H2,1-3H3,(H,24,25)/t16-/m1/s1. The maximum Gasteiger partial charge on any atom is 0.272 e. The van der Waals surface area contributed by atoms with E-state index in [1.54, 1.807) is 20.4 Å². The van der Waals surface area contributed by atoms with E-state index in [-0.39, 0.29) is 5.91 Å². The second-order valence-corrected chi connectivity index (χ2v) is 7.66. The molecule has 3 heterocycles. The van der Waals surface area contributed by atoms with Gasteiger partial charge in [-0.1, -0.05) is 0 Å². The summed E-state index contributed by atoms with van der Waals surface area (Å²) >= 11 is 0. The number of nitrogens with one attached hydrogen (secondary N) is 1. The molecule has 1 saturated heterocycles. The van der Waals surface area contributed by atoms with Crippen molar-refractivity contribution in [3.05, 3.63) is 48.2 Å². The molecule has 30 heavy (non-hydrogen) atoms. The number of piperidine rings is 1. The summed E-state index contributed by atoms with van der Waals surface area (Å²) in [5.41, 5.74) is 2.82. The van der Waals surface area contributed by atoms with Crippen molar-refractivity contribution in [3.63, 3.8) is 0 Å². The third kappa shape index (κ3) is 3.90. The number of hydrogen-bond acceptors (Lipinski definition) is 5. The van der Waals surface area contributed by atoms with Gasteiger partial charge in [0.2, 0.25) is 0 Å². The first-order valence-corrected chi connectivity index (χ1v) is 10.1.